The van der Waals surface area contributed by atoms with Crippen LogP contribution in [0.15, 0.2) is 60.9 Å². The van der Waals surface area contributed by atoms with Crippen molar-refractivity contribution in [1.82, 2.24) is 9.47 Å². The molecule has 0 unspecified atom stereocenters. The van der Waals surface area contributed by atoms with E-state index in [1.165, 1.54) is 0 Å². The fourth-order valence-electron chi connectivity index (χ4n) is 4.37. The second-order valence-corrected chi connectivity index (χ2v) is 8.92. The number of carbonyl (C=O) groups excluding carboxylic acids is 2. The van der Waals surface area contributed by atoms with Crippen molar-refractivity contribution in [3.05, 3.63) is 82.1 Å². The molecule has 1 amide bonds. The first-order valence-corrected chi connectivity index (χ1v) is 10.9. The van der Waals surface area contributed by atoms with E-state index in [-0.39, 0.29) is 18.1 Å². The van der Waals surface area contributed by atoms with E-state index in [1.54, 1.807) is 12.1 Å². The molecular formula is C24H20Cl2N2O3. The van der Waals surface area contributed by atoms with Gasteiger partial charge in [0.2, 0.25) is 0 Å². The molecule has 1 spiro atoms. The Hall–Kier alpha value is -2.76. The molecule has 3 aromatic rings. The van der Waals surface area contributed by atoms with Gasteiger partial charge in [0.15, 0.2) is 5.78 Å². The van der Waals surface area contributed by atoms with Crippen molar-refractivity contribution in [1.29, 1.82) is 0 Å². The molecule has 0 aliphatic carbocycles. The molecule has 31 heavy (non-hydrogen) atoms. The number of Topliss-reactive ketones (excluding diaryl/α,β-unsaturated/α-hetero) is 1. The highest BCUT2D eigenvalue weighted by Gasteiger charge is 2.44. The van der Waals surface area contributed by atoms with Crippen molar-refractivity contribution >= 4 is 34.9 Å². The van der Waals surface area contributed by atoms with Crippen molar-refractivity contribution in [3.63, 3.8) is 0 Å². The quantitative estimate of drug-likeness (QED) is 0.518. The Morgan fingerprint density at radius 3 is 2.35 bits per heavy atom. The molecular weight excluding hydrogens is 435 g/mol. The van der Waals surface area contributed by atoms with Gasteiger partial charge in [0.05, 0.1) is 17.0 Å². The Morgan fingerprint density at radius 1 is 1.00 bits per heavy atom. The summed E-state index contributed by atoms with van der Waals surface area (Å²) in [4.78, 5) is 27.6. The average Bonchev–Trinajstić information content (AvgIpc) is 3.30. The summed E-state index contributed by atoms with van der Waals surface area (Å²) in [5.74, 6) is 0.370. The number of likely N-dealkylation sites (tertiary alicyclic amines) is 1. The van der Waals surface area contributed by atoms with Gasteiger partial charge in [-0.2, -0.15) is 0 Å². The van der Waals surface area contributed by atoms with Crippen LogP contribution in [-0.4, -0.2) is 39.8 Å². The Kier molecular flexibility index (Phi) is 5.03. The number of ether oxygens (including phenoxy) is 1. The van der Waals surface area contributed by atoms with Gasteiger partial charge >= 0.3 is 0 Å². The predicted octanol–water partition coefficient (Wildman–Crippen LogP) is 5.42. The van der Waals surface area contributed by atoms with Gasteiger partial charge in [0.1, 0.15) is 11.4 Å². The lowest BCUT2D eigenvalue weighted by Crippen LogP contribution is -2.52. The zero-order chi connectivity index (χ0) is 21.6. The first-order chi connectivity index (χ1) is 14.9. The number of halogens is 2. The third-order valence-corrected chi connectivity index (χ3v) is 6.59. The molecule has 3 heterocycles. The normalized spacial score (nSPS) is 17.4. The number of aromatic nitrogens is 1. The van der Waals surface area contributed by atoms with Gasteiger partial charge in [-0.1, -0.05) is 23.2 Å². The van der Waals surface area contributed by atoms with Gasteiger partial charge in [0, 0.05) is 54.6 Å². The third-order valence-electron chi connectivity index (χ3n) is 6.09. The van der Waals surface area contributed by atoms with Crippen LogP contribution in [0.25, 0.3) is 5.69 Å². The number of piperidine rings is 1. The summed E-state index contributed by atoms with van der Waals surface area (Å²) in [6.07, 6.45) is 5.34. The van der Waals surface area contributed by atoms with Crippen LogP contribution < -0.4 is 4.74 Å². The number of benzene rings is 2. The van der Waals surface area contributed by atoms with Gasteiger partial charge in [0.25, 0.3) is 5.91 Å². The van der Waals surface area contributed by atoms with Gasteiger partial charge in [-0.05, 0) is 48.5 Å². The summed E-state index contributed by atoms with van der Waals surface area (Å²) < 4.78 is 8.25. The van der Waals surface area contributed by atoms with Crippen molar-refractivity contribution in [2.24, 2.45) is 0 Å². The number of hydrogen-bond donors (Lipinski definition) is 0. The predicted molar refractivity (Wildman–Crippen MR) is 120 cm³/mol. The number of carbonyl (C=O) groups is 2. The van der Waals surface area contributed by atoms with Crippen LogP contribution in [0.1, 0.15) is 40.0 Å². The molecule has 0 atom stereocenters. The van der Waals surface area contributed by atoms with E-state index in [0.29, 0.717) is 52.9 Å². The zero-order valence-corrected chi connectivity index (χ0v) is 18.2. The summed E-state index contributed by atoms with van der Waals surface area (Å²) in [6, 6.07) is 14.7. The molecule has 0 saturated carbocycles. The van der Waals surface area contributed by atoms with Crippen LogP contribution in [0.2, 0.25) is 10.0 Å². The smallest absolute Gasteiger partial charge is 0.253 e. The molecule has 158 valence electrons. The lowest BCUT2D eigenvalue weighted by molar-refractivity contribution is -0.00564. The Balaban J connectivity index is 1.29. The number of ketones is 1. The molecule has 2 aromatic carbocycles. The molecule has 5 nitrogen and oxygen atoms in total. The SMILES string of the molecule is O=C1CC2(CCN(C(=O)c3ccc(-n4cccc4)cc3)CC2)Oc2c(Cl)cc(Cl)cc21. The monoisotopic (exact) mass is 454 g/mol. The van der Waals surface area contributed by atoms with Gasteiger partial charge < -0.3 is 14.2 Å². The van der Waals surface area contributed by atoms with Gasteiger partial charge in [-0.15, -0.1) is 0 Å². The van der Waals surface area contributed by atoms with E-state index in [0.717, 1.165) is 5.69 Å². The Morgan fingerprint density at radius 2 is 1.68 bits per heavy atom. The minimum Gasteiger partial charge on any atom is -0.484 e. The Bertz CT molecular complexity index is 1150. The van der Waals surface area contributed by atoms with Crippen LogP contribution in [0.4, 0.5) is 0 Å². The number of nitrogens with zero attached hydrogens (tertiary/aromatic N) is 2. The van der Waals surface area contributed by atoms with Crippen molar-refractivity contribution < 1.29 is 14.3 Å². The molecule has 2 aliphatic rings. The number of fused-ring (bicyclic) bond motifs is 1. The number of rotatable bonds is 2. The van der Waals surface area contributed by atoms with Crippen LogP contribution in [0.5, 0.6) is 5.75 Å². The maximum absolute atomic E-state index is 13.0. The molecule has 1 aromatic heterocycles. The van der Waals surface area contributed by atoms with Crippen LogP contribution >= 0.6 is 23.2 Å². The second-order valence-electron chi connectivity index (χ2n) is 8.08. The van der Waals surface area contributed by atoms with E-state index >= 15 is 0 Å². The van der Waals surface area contributed by atoms with Crippen LogP contribution in [-0.2, 0) is 0 Å². The van der Waals surface area contributed by atoms with Crippen LogP contribution in [0.3, 0.4) is 0 Å². The highest BCUT2D eigenvalue weighted by atomic mass is 35.5. The van der Waals surface area contributed by atoms with E-state index in [1.807, 2.05) is 58.3 Å². The summed E-state index contributed by atoms with van der Waals surface area (Å²) in [5.41, 5.74) is 1.46. The minimum atomic E-state index is -0.628. The fourth-order valence-corrected chi connectivity index (χ4v) is 4.91. The maximum Gasteiger partial charge on any atom is 0.253 e. The largest absolute Gasteiger partial charge is 0.484 e. The fraction of sp³-hybridized carbons (Fsp3) is 0.250. The summed E-state index contributed by atoms with van der Waals surface area (Å²) in [6.45, 7) is 1.04. The van der Waals surface area contributed by atoms with E-state index in [2.05, 4.69) is 0 Å². The molecule has 0 radical (unpaired) electrons. The minimum absolute atomic E-state index is 0.0127. The lowest BCUT2D eigenvalue weighted by atomic mass is 9.82. The Labute approximate surface area is 190 Å². The molecule has 1 saturated heterocycles. The molecule has 1 fully saturated rings. The lowest BCUT2D eigenvalue weighted by Gasteiger charge is -2.44. The van der Waals surface area contributed by atoms with E-state index in [4.69, 9.17) is 27.9 Å². The average molecular weight is 455 g/mol. The number of hydrogen-bond acceptors (Lipinski definition) is 3. The maximum atomic E-state index is 13.0. The number of amides is 1. The standard InChI is InChI=1S/C24H20Cl2N2O3/c25-17-13-19-21(29)15-24(31-22(19)20(26)14-17)7-11-28(12-8-24)23(30)16-3-5-18(6-4-16)27-9-1-2-10-27/h1-6,9-10,13-14H,7-8,11-12,15H2. The highest BCUT2D eigenvalue weighted by Crippen LogP contribution is 2.44. The zero-order valence-electron chi connectivity index (χ0n) is 16.7. The topological polar surface area (TPSA) is 51.5 Å². The molecule has 0 bridgehead atoms. The first kappa shape index (κ1) is 20.2. The third kappa shape index (κ3) is 3.73. The molecule has 2 aliphatic heterocycles. The van der Waals surface area contributed by atoms with E-state index in [9.17, 15) is 9.59 Å². The van der Waals surface area contributed by atoms with Gasteiger partial charge in [-0.25, -0.2) is 0 Å². The van der Waals surface area contributed by atoms with Crippen molar-refractivity contribution in [3.8, 4) is 11.4 Å². The summed E-state index contributed by atoms with van der Waals surface area (Å²) in [7, 11) is 0. The summed E-state index contributed by atoms with van der Waals surface area (Å²) in [5, 5.41) is 0.760. The van der Waals surface area contributed by atoms with Crippen molar-refractivity contribution in [2.75, 3.05) is 13.1 Å². The first-order valence-electron chi connectivity index (χ1n) is 10.2. The molecule has 0 N–H and O–H groups in total. The molecule has 7 heteroatoms. The second kappa shape index (κ2) is 7.74. The van der Waals surface area contributed by atoms with Crippen LogP contribution in [0, 0.1) is 0 Å². The highest BCUT2D eigenvalue weighted by molar-refractivity contribution is 6.36. The van der Waals surface area contributed by atoms with Crippen molar-refractivity contribution in [2.45, 2.75) is 24.9 Å². The summed E-state index contributed by atoms with van der Waals surface area (Å²) >= 11 is 12.3. The van der Waals surface area contributed by atoms with Gasteiger partial charge in [-0.3, -0.25) is 9.59 Å². The van der Waals surface area contributed by atoms with E-state index < -0.39 is 5.60 Å². The molecule has 5 rings (SSSR count).